The predicted octanol–water partition coefficient (Wildman–Crippen LogP) is 0.591. The lowest BCUT2D eigenvalue weighted by atomic mass is 10.6. The highest BCUT2D eigenvalue weighted by atomic mass is 16.7. The van der Waals surface area contributed by atoms with Gasteiger partial charge in [0.25, 0.3) is 6.47 Å². The lowest BCUT2D eigenvalue weighted by Crippen LogP contribution is -2.07. The Morgan fingerprint density at radius 1 is 1.58 bits per heavy atom. The zero-order valence-corrected chi connectivity index (χ0v) is 10.2. The van der Waals surface area contributed by atoms with Crippen LogP contribution in [0.5, 0.6) is 0 Å². The molecule has 1 aromatic rings. The number of imidazole rings is 1. The third-order valence-electron chi connectivity index (χ3n) is 1.56. The second-order valence-corrected chi connectivity index (χ2v) is 2.71. The molecule has 0 fully saturated rings. The fourth-order valence-corrected chi connectivity index (χ4v) is 0.816. The van der Waals surface area contributed by atoms with E-state index in [0.29, 0.717) is 6.47 Å². The van der Waals surface area contributed by atoms with Gasteiger partial charge >= 0.3 is 6.16 Å². The van der Waals surface area contributed by atoms with E-state index in [1.54, 1.807) is 12.4 Å². The van der Waals surface area contributed by atoms with Gasteiger partial charge in [0.2, 0.25) is 6.23 Å². The first-order chi connectivity index (χ1) is 9.19. The molecule has 0 spiro atoms. The summed E-state index contributed by atoms with van der Waals surface area (Å²) in [6.45, 7) is 0.275. The predicted molar refractivity (Wildman–Crippen MR) is 64.4 cm³/mol. The minimum absolute atomic E-state index is 0.0350. The number of aromatic nitrogens is 2. The van der Waals surface area contributed by atoms with Crippen molar-refractivity contribution >= 4 is 12.6 Å². The van der Waals surface area contributed by atoms with Crippen molar-refractivity contribution in [1.29, 1.82) is 0 Å². The third-order valence-corrected chi connectivity index (χ3v) is 1.56. The molecule has 0 saturated carbocycles. The van der Waals surface area contributed by atoms with Crippen LogP contribution in [-0.2, 0) is 19.0 Å². The Morgan fingerprint density at radius 3 is 2.74 bits per heavy atom. The van der Waals surface area contributed by atoms with E-state index in [0.717, 1.165) is 0 Å². The number of carbonyl (C=O) groups excluding carboxylic acids is 2. The molecule has 100 valence electrons. The van der Waals surface area contributed by atoms with Crippen molar-refractivity contribution in [2.75, 3.05) is 13.7 Å². The maximum atomic E-state index is 10.0. The molecule has 7 heteroatoms. The molecule has 0 radical (unpaired) electrons. The van der Waals surface area contributed by atoms with Crippen LogP contribution in [0.4, 0.5) is 4.79 Å². The van der Waals surface area contributed by atoms with E-state index in [1.165, 1.54) is 18.0 Å². The standard InChI is InChI=1S/C7H6N2O2.C5H6O3/c1-2-7(11-6-10)9-4-3-8-5-9;1-3-4-8-5(6)7-2/h1,3-7H;1H,4H2,2H3. The number of methoxy groups -OCH3 is 1. The first kappa shape index (κ1) is 16.1. The Labute approximate surface area is 110 Å². The van der Waals surface area contributed by atoms with E-state index in [9.17, 15) is 9.59 Å². The maximum Gasteiger partial charge on any atom is 0.508 e. The average molecular weight is 264 g/mol. The number of hydrogen-bond acceptors (Lipinski definition) is 6. The van der Waals surface area contributed by atoms with Gasteiger partial charge in [-0.3, -0.25) is 9.36 Å². The summed E-state index contributed by atoms with van der Waals surface area (Å²) in [7, 11) is 1.22. The molecule has 0 amide bonds. The van der Waals surface area contributed by atoms with Gasteiger partial charge in [-0.1, -0.05) is 5.92 Å². The SMILES string of the molecule is C#CC(OC=O)n1ccnc1.C#CCOC(=O)OC. The van der Waals surface area contributed by atoms with Gasteiger partial charge in [-0.15, -0.1) is 12.8 Å². The highest BCUT2D eigenvalue weighted by Crippen LogP contribution is 2.03. The highest BCUT2D eigenvalue weighted by Gasteiger charge is 2.04. The Kier molecular flexibility index (Phi) is 8.66. The molecule has 19 heavy (non-hydrogen) atoms. The van der Waals surface area contributed by atoms with E-state index in [1.807, 2.05) is 0 Å². The molecule has 0 aliphatic heterocycles. The van der Waals surface area contributed by atoms with Crippen molar-refractivity contribution in [3.05, 3.63) is 18.7 Å². The summed E-state index contributed by atoms with van der Waals surface area (Å²) in [6, 6.07) is 0. The fraction of sp³-hybridized carbons (Fsp3) is 0.250. The summed E-state index contributed by atoms with van der Waals surface area (Å²) in [6.07, 6.45) is 13.0. The summed E-state index contributed by atoms with van der Waals surface area (Å²) < 4.78 is 14.4. The van der Waals surface area contributed by atoms with Crippen molar-refractivity contribution in [2.45, 2.75) is 6.23 Å². The monoisotopic (exact) mass is 264 g/mol. The molecule has 1 rings (SSSR count). The molecule has 7 nitrogen and oxygen atoms in total. The number of rotatable bonds is 4. The van der Waals surface area contributed by atoms with Crippen molar-refractivity contribution < 1.29 is 23.8 Å². The van der Waals surface area contributed by atoms with Gasteiger partial charge in [0.15, 0.2) is 6.61 Å². The van der Waals surface area contributed by atoms with Crippen LogP contribution in [0.15, 0.2) is 18.7 Å². The largest absolute Gasteiger partial charge is 0.508 e. The maximum absolute atomic E-state index is 10.0. The molecule has 0 aliphatic carbocycles. The number of terminal acetylenes is 2. The van der Waals surface area contributed by atoms with Crippen molar-refractivity contribution in [3.8, 4) is 24.7 Å². The zero-order chi connectivity index (χ0) is 14.5. The van der Waals surface area contributed by atoms with Crippen LogP contribution >= 0.6 is 0 Å². The van der Waals surface area contributed by atoms with Gasteiger partial charge in [0.05, 0.1) is 13.4 Å². The van der Waals surface area contributed by atoms with Gasteiger partial charge in [-0.2, -0.15) is 0 Å². The van der Waals surface area contributed by atoms with Crippen molar-refractivity contribution in [3.63, 3.8) is 0 Å². The first-order valence-corrected chi connectivity index (χ1v) is 4.86. The van der Waals surface area contributed by atoms with Gasteiger partial charge < -0.3 is 14.2 Å². The number of hydrogen-bond donors (Lipinski definition) is 0. The molecule has 0 N–H and O–H groups in total. The van der Waals surface area contributed by atoms with E-state index in [-0.39, 0.29) is 6.61 Å². The summed E-state index contributed by atoms with van der Waals surface area (Å²) >= 11 is 0. The van der Waals surface area contributed by atoms with E-state index in [2.05, 4.69) is 31.0 Å². The van der Waals surface area contributed by atoms with Crippen LogP contribution in [0.25, 0.3) is 0 Å². The van der Waals surface area contributed by atoms with E-state index < -0.39 is 12.4 Å². The van der Waals surface area contributed by atoms with Crippen molar-refractivity contribution in [1.82, 2.24) is 9.55 Å². The summed E-state index contributed by atoms with van der Waals surface area (Å²) in [5, 5.41) is 0. The van der Waals surface area contributed by atoms with Crippen LogP contribution in [0.3, 0.4) is 0 Å². The molecule has 0 aromatic carbocycles. The molecule has 0 bridgehead atoms. The quantitative estimate of drug-likeness (QED) is 0.450. The second kappa shape index (κ2) is 10.2. The molecule has 1 atom stereocenters. The second-order valence-electron chi connectivity index (χ2n) is 2.71. The minimum Gasteiger partial charge on any atom is -0.438 e. The fourth-order valence-electron chi connectivity index (χ4n) is 0.816. The van der Waals surface area contributed by atoms with Crippen LogP contribution in [0.1, 0.15) is 6.23 Å². The van der Waals surface area contributed by atoms with Gasteiger partial charge in [-0.25, -0.2) is 9.78 Å². The third kappa shape index (κ3) is 7.08. The Bertz CT molecular complexity index is 455. The molecule has 1 unspecified atom stereocenters. The molecule has 1 heterocycles. The Morgan fingerprint density at radius 2 is 2.32 bits per heavy atom. The Hall–Kier alpha value is -2.93. The van der Waals surface area contributed by atoms with Crippen LogP contribution in [0, 0.1) is 24.7 Å². The van der Waals surface area contributed by atoms with Crippen molar-refractivity contribution in [2.24, 2.45) is 0 Å². The average Bonchev–Trinajstić information content (AvgIpc) is 2.96. The van der Waals surface area contributed by atoms with Gasteiger partial charge in [0.1, 0.15) is 0 Å². The summed E-state index contributed by atoms with van der Waals surface area (Å²) in [5.74, 6) is 4.38. The topological polar surface area (TPSA) is 79.7 Å². The number of nitrogens with zero attached hydrogens (tertiary/aromatic N) is 2. The minimum atomic E-state index is -0.747. The van der Waals surface area contributed by atoms with E-state index in [4.69, 9.17) is 12.8 Å². The lowest BCUT2D eigenvalue weighted by molar-refractivity contribution is -0.134. The van der Waals surface area contributed by atoms with Gasteiger partial charge in [0, 0.05) is 12.4 Å². The molecule has 1 aromatic heterocycles. The number of carbonyl (C=O) groups is 2. The molecule has 0 saturated heterocycles. The summed E-state index contributed by atoms with van der Waals surface area (Å²) in [4.78, 5) is 23.7. The number of ether oxygens (including phenoxy) is 3. The highest BCUT2D eigenvalue weighted by molar-refractivity contribution is 5.59. The smallest absolute Gasteiger partial charge is 0.438 e. The lowest BCUT2D eigenvalue weighted by Gasteiger charge is -2.07. The Balaban J connectivity index is 0.000000362. The first-order valence-electron chi connectivity index (χ1n) is 4.86. The van der Waals surface area contributed by atoms with Crippen LogP contribution in [-0.4, -0.2) is 35.9 Å². The molecular weight excluding hydrogens is 252 g/mol. The summed E-state index contributed by atoms with van der Waals surface area (Å²) in [5.41, 5.74) is 0. The zero-order valence-electron chi connectivity index (χ0n) is 10.2. The van der Waals surface area contributed by atoms with E-state index >= 15 is 0 Å². The van der Waals surface area contributed by atoms with Gasteiger partial charge in [-0.05, 0) is 5.92 Å². The normalized spacial score (nSPS) is 9.63. The van der Waals surface area contributed by atoms with Crippen LogP contribution in [0.2, 0.25) is 0 Å². The molecular formula is C12H12N2O5. The van der Waals surface area contributed by atoms with Crippen LogP contribution < -0.4 is 0 Å². The molecule has 0 aliphatic rings.